The van der Waals surface area contributed by atoms with Crippen LogP contribution in [0.1, 0.15) is 0 Å². The molecular formula is C9H11Cl2FN2O2S2. The highest BCUT2D eigenvalue weighted by Gasteiger charge is 2.26. The van der Waals surface area contributed by atoms with E-state index in [1.54, 1.807) is 12.1 Å². The summed E-state index contributed by atoms with van der Waals surface area (Å²) in [7, 11) is -1.27. The van der Waals surface area contributed by atoms with E-state index in [0.717, 1.165) is 8.02 Å². The maximum Gasteiger partial charge on any atom is 0.313 e. The standard InChI is InChI=1S/C9H11Cl2FN2O2S2/c1-13(18(15,16)14(2)17-6-12)8-5-3-4-7(10)9(8)11/h3-5H,6H2,1-2H3. The van der Waals surface area contributed by atoms with Crippen LogP contribution in [0, 0.1) is 0 Å². The molecule has 0 saturated carbocycles. The Morgan fingerprint density at radius 3 is 2.50 bits per heavy atom. The molecule has 0 spiro atoms. The number of rotatable bonds is 5. The molecule has 0 saturated heterocycles. The molecule has 0 amide bonds. The van der Waals surface area contributed by atoms with Gasteiger partial charge in [-0.05, 0) is 24.1 Å². The number of hydrogen-bond acceptors (Lipinski definition) is 3. The van der Waals surface area contributed by atoms with Crippen LogP contribution in [0.15, 0.2) is 18.2 Å². The second-order valence-electron chi connectivity index (χ2n) is 3.20. The average molecular weight is 333 g/mol. The summed E-state index contributed by atoms with van der Waals surface area (Å²) < 4.78 is 38.0. The second-order valence-corrected chi connectivity index (χ2v) is 7.23. The number of benzene rings is 1. The molecule has 0 unspecified atom stereocenters. The van der Waals surface area contributed by atoms with Crippen LogP contribution in [-0.4, -0.2) is 32.2 Å². The first-order valence-corrected chi connectivity index (χ1v) is 7.77. The Morgan fingerprint density at radius 2 is 1.94 bits per heavy atom. The predicted molar refractivity (Wildman–Crippen MR) is 75.1 cm³/mol. The molecule has 0 bridgehead atoms. The normalized spacial score (nSPS) is 11.9. The van der Waals surface area contributed by atoms with Gasteiger partial charge in [0.05, 0.1) is 15.7 Å². The number of nitrogens with zero attached hydrogens (tertiary/aromatic N) is 2. The van der Waals surface area contributed by atoms with Crippen molar-refractivity contribution >= 4 is 51.0 Å². The lowest BCUT2D eigenvalue weighted by atomic mass is 10.3. The summed E-state index contributed by atoms with van der Waals surface area (Å²) in [5.74, 6) is 0. The second kappa shape index (κ2) is 6.29. The molecule has 102 valence electrons. The lowest BCUT2D eigenvalue weighted by Gasteiger charge is -2.25. The highest BCUT2D eigenvalue weighted by atomic mass is 35.5. The quantitative estimate of drug-likeness (QED) is 0.777. The molecule has 0 radical (unpaired) electrons. The van der Waals surface area contributed by atoms with Crippen LogP contribution in [0.2, 0.25) is 10.0 Å². The van der Waals surface area contributed by atoms with Gasteiger partial charge in [-0.25, -0.2) is 4.39 Å². The summed E-state index contributed by atoms with van der Waals surface area (Å²) in [5, 5.41) is 0.376. The third-order valence-corrected chi connectivity index (χ3v) is 5.86. The van der Waals surface area contributed by atoms with E-state index in [1.807, 2.05) is 0 Å². The van der Waals surface area contributed by atoms with Gasteiger partial charge >= 0.3 is 10.2 Å². The molecule has 0 aliphatic rings. The summed E-state index contributed by atoms with van der Waals surface area (Å²) in [6.45, 7) is 0. The van der Waals surface area contributed by atoms with Crippen molar-refractivity contribution in [2.45, 2.75) is 0 Å². The predicted octanol–water partition coefficient (Wildman–Crippen LogP) is 3.18. The first kappa shape index (κ1) is 15.8. The molecule has 9 heteroatoms. The summed E-state index contributed by atoms with van der Waals surface area (Å²) >= 11 is 12.3. The van der Waals surface area contributed by atoms with Gasteiger partial charge in [-0.3, -0.25) is 4.31 Å². The van der Waals surface area contributed by atoms with Gasteiger partial charge in [0.25, 0.3) is 0 Å². The molecule has 0 atom stereocenters. The zero-order valence-electron chi connectivity index (χ0n) is 9.60. The highest BCUT2D eigenvalue weighted by molar-refractivity contribution is 8.08. The lowest BCUT2D eigenvalue weighted by Crippen LogP contribution is -2.36. The monoisotopic (exact) mass is 332 g/mol. The molecule has 0 heterocycles. The van der Waals surface area contributed by atoms with Gasteiger partial charge in [-0.1, -0.05) is 29.3 Å². The fourth-order valence-corrected chi connectivity index (χ4v) is 3.48. The zero-order chi connectivity index (χ0) is 13.9. The molecule has 4 nitrogen and oxygen atoms in total. The molecule has 1 aromatic rings. The number of hydrogen-bond donors (Lipinski definition) is 0. The fraction of sp³-hybridized carbons (Fsp3) is 0.333. The maximum atomic E-state index is 12.2. The molecule has 0 N–H and O–H groups in total. The van der Waals surface area contributed by atoms with E-state index in [9.17, 15) is 12.8 Å². The summed E-state index contributed by atoms with van der Waals surface area (Å²) in [6.07, 6.45) is 0. The van der Waals surface area contributed by atoms with Crippen LogP contribution < -0.4 is 4.31 Å². The highest BCUT2D eigenvalue weighted by Crippen LogP contribution is 2.34. The SMILES string of the molecule is CN(SCF)S(=O)(=O)N(C)c1cccc(Cl)c1Cl. The van der Waals surface area contributed by atoms with Gasteiger partial charge < -0.3 is 0 Å². The van der Waals surface area contributed by atoms with Gasteiger partial charge in [-0.2, -0.15) is 8.42 Å². The molecule has 0 fully saturated rings. The van der Waals surface area contributed by atoms with Gasteiger partial charge in [0.2, 0.25) is 0 Å². The van der Waals surface area contributed by atoms with Crippen molar-refractivity contribution in [3.8, 4) is 0 Å². The Kier molecular flexibility index (Phi) is 5.54. The molecule has 1 rings (SSSR count). The topological polar surface area (TPSA) is 40.6 Å². The zero-order valence-corrected chi connectivity index (χ0v) is 12.7. The third kappa shape index (κ3) is 3.21. The smallest absolute Gasteiger partial charge is 0.258 e. The van der Waals surface area contributed by atoms with Crippen molar-refractivity contribution in [1.82, 2.24) is 3.71 Å². The van der Waals surface area contributed by atoms with Crippen molar-refractivity contribution in [1.29, 1.82) is 0 Å². The summed E-state index contributed by atoms with van der Waals surface area (Å²) in [6, 6.07) is 3.80. The van der Waals surface area contributed by atoms with Crippen molar-refractivity contribution < 1.29 is 12.8 Å². The Bertz CT molecular complexity index is 527. The van der Waals surface area contributed by atoms with E-state index < -0.39 is 16.2 Å². The summed E-state index contributed by atoms with van der Waals surface area (Å²) in [5.41, 5.74) is 0.232. The van der Waals surface area contributed by atoms with E-state index >= 15 is 0 Å². The van der Waals surface area contributed by atoms with E-state index in [0.29, 0.717) is 11.9 Å². The first-order valence-electron chi connectivity index (χ1n) is 4.68. The van der Waals surface area contributed by atoms with E-state index in [1.165, 1.54) is 20.2 Å². The van der Waals surface area contributed by atoms with Gasteiger partial charge in [0.15, 0.2) is 6.01 Å². The molecule has 1 aromatic carbocycles. The van der Waals surface area contributed by atoms with Crippen molar-refractivity contribution in [3.63, 3.8) is 0 Å². The minimum Gasteiger partial charge on any atom is -0.258 e. The van der Waals surface area contributed by atoms with Crippen molar-refractivity contribution in [3.05, 3.63) is 28.2 Å². The number of anilines is 1. The third-order valence-electron chi connectivity index (χ3n) is 2.17. The number of alkyl halides is 1. The van der Waals surface area contributed by atoms with Crippen molar-refractivity contribution in [2.75, 3.05) is 24.4 Å². The van der Waals surface area contributed by atoms with Crippen LogP contribution >= 0.6 is 35.1 Å². The Balaban J connectivity index is 3.14. The average Bonchev–Trinajstić information content (AvgIpc) is 2.32. The van der Waals surface area contributed by atoms with Gasteiger partial charge in [-0.15, -0.1) is 3.71 Å². The summed E-state index contributed by atoms with van der Waals surface area (Å²) in [4.78, 5) is 0. The van der Waals surface area contributed by atoms with E-state index in [4.69, 9.17) is 23.2 Å². The van der Waals surface area contributed by atoms with Gasteiger partial charge in [0.1, 0.15) is 0 Å². The van der Waals surface area contributed by atoms with Crippen molar-refractivity contribution in [2.24, 2.45) is 0 Å². The van der Waals surface area contributed by atoms with Crippen LogP contribution in [0.3, 0.4) is 0 Å². The minimum atomic E-state index is -3.85. The van der Waals surface area contributed by atoms with Crippen LogP contribution in [-0.2, 0) is 10.2 Å². The first-order chi connectivity index (χ1) is 8.32. The van der Waals surface area contributed by atoms with E-state index in [-0.39, 0.29) is 15.7 Å². The largest absolute Gasteiger partial charge is 0.313 e. The molecule has 18 heavy (non-hydrogen) atoms. The molecule has 0 aliphatic heterocycles. The number of halogens is 3. The van der Waals surface area contributed by atoms with Crippen LogP contribution in [0.5, 0.6) is 0 Å². The Hall–Kier alpha value is -0.210. The van der Waals surface area contributed by atoms with Gasteiger partial charge in [0, 0.05) is 14.1 Å². The van der Waals surface area contributed by atoms with E-state index in [2.05, 4.69) is 0 Å². The fourth-order valence-electron chi connectivity index (χ4n) is 1.17. The maximum absolute atomic E-state index is 12.2. The Morgan fingerprint density at radius 1 is 1.33 bits per heavy atom. The molecular weight excluding hydrogens is 322 g/mol. The minimum absolute atomic E-state index is 0.129. The van der Waals surface area contributed by atoms with Crippen LogP contribution in [0.25, 0.3) is 0 Å². The Labute approximate surface area is 120 Å². The van der Waals surface area contributed by atoms with Crippen LogP contribution in [0.4, 0.5) is 10.1 Å². The molecule has 0 aromatic heterocycles. The molecule has 0 aliphatic carbocycles. The lowest BCUT2D eigenvalue weighted by molar-refractivity contribution is 0.555.